The number of hydrogen-bond acceptors (Lipinski definition) is 7. The van der Waals surface area contributed by atoms with Crippen molar-refractivity contribution in [1.29, 1.82) is 0 Å². The Bertz CT molecular complexity index is 1340. The lowest BCUT2D eigenvalue weighted by molar-refractivity contribution is 0.602. The molecule has 29 heavy (non-hydrogen) atoms. The summed E-state index contributed by atoms with van der Waals surface area (Å²) < 4.78 is 24.2. The maximum Gasteiger partial charge on any atom is 0.177 e. The van der Waals surface area contributed by atoms with E-state index in [2.05, 4.69) is 20.3 Å². The molecule has 0 bridgehead atoms. The Hall–Kier alpha value is -3.52. The Morgan fingerprint density at radius 3 is 2.55 bits per heavy atom. The molecule has 0 aliphatic heterocycles. The Morgan fingerprint density at radius 1 is 0.966 bits per heavy atom. The van der Waals surface area contributed by atoms with E-state index in [-0.39, 0.29) is 4.90 Å². The van der Waals surface area contributed by atoms with E-state index in [0.29, 0.717) is 28.1 Å². The molecule has 0 saturated carbocycles. The van der Waals surface area contributed by atoms with Gasteiger partial charge in [0.1, 0.15) is 0 Å². The molecule has 3 N–H and O–H groups in total. The molecule has 146 valence electrons. The fourth-order valence-corrected chi connectivity index (χ4v) is 4.02. The molecule has 0 amide bonds. The lowest BCUT2D eigenvalue weighted by atomic mass is 9.99. The molecule has 2 aromatic carbocycles. The van der Waals surface area contributed by atoms with Gasteiger partial charge in [0.2, 0.25) is 0 Å². The third-order valence-corrected chi connectivity index (χ3v) is 5.69. The van der Waals surface area contributed by atoms with Gasteiger partial charge in [0, 0.05) is 47.3 Å². The highest BCUT2D eigenvalue weighted by molar-refractivity contribution is 7.90. The minimum Gasteiger partial charge on any atom is -0.398 e. The van der Waals surface area contributed by atoms with Crippen molar-refractivity contribution in [2.45, 2.75) is 11.8 Å². The summed E-state index contributed by atoms with van der Waals surface area (Å²) in [6, 6.07) is 11.0. The van der Waals surface area contributed by atoms with Crippen LogP contribution in [0.1, 0.15) is 5.56 Å². The number of nitrogens with two attached hydrogens (primary N) is 1. The zero-order chi connectivity index (χ0) is 20.6. The van der Waals surface area contributed by atoms with E-state index in [9.17, 15) is 8.42 Å². The predicted molar refractivity (Wildman–Crippen MR) is 115 cm³/mol. The average molecular weight is 405 g/mol. The van der Waals surface area contributed by atoms with Crippen molar-refractivity contribution < 1.29 is 8.42 Å². The van der Waals surface area contributed by atoms with Crippen LogP contribution in [0.2, 0.25) is 0 Å². The van der Waals surface area contributed by atoms with Gasteiger partial charge in [0.15, 0.2) is 9.84 Å². The van der Waals surface area contributed by atoms with Crippen LogP contribution in [-0.4, -0.2) is 29.6 Å². The van der Waals surface area contributed by atoms with Crippen molar-refractivity contribution in [3.05, 3.63) is 66.7 Å². The van der Waals surface area contributed by atoms with Gasteiger partial charge < -0.3 is 11.1 Å². The maximum absolute atomic E-state index is 12.1. The molecule has 4 aromatic rings. The second kappa shape index (κ2) is 7.14. The molecular weight excluding hydrogens is 386 g/mol. The highest BCUT2D eigenvalue weighted by Gasteiger charge is 2.16. The molecular formula is C21H19N5O2S. The van der Waals surface area contributed by atoms with Crippen LogP contribution in [0.25, 0.3) is 22.2 Å². The van der Waals surface area contributed by atoms with Crippen LogP contribution < -0.4 is 11.1 Å². The molecule has 0 spiro atoms. The standard InChI is InChI=1S/C21H19N5O2S/c1-13-3-4-17(22)15(9-13)16-10-14(11-18-21(16)25-8-7-24-18)26-19-12-23-6-5-20(19)29(2,27)28/h3-12,26H,22H2,1-2H3. The van der Waals surface area contributed by atoms with Gasteiger partial charge in [-0.05, 0) is 37.3 Å². The predicted octanol–water partition coefficient (Wildman–Crippen LogP) is 3.73. The molecule has 0 aliphatic carbocycles. The number of nitrogen functional groups attached to an aromatic ring is 1. The molecule has 7 nitrogen and oxygen atoms in total. The summed E-state index contributed by atoms with van der Waals surface area (Å²) in [5, 5.41) is 3.17. The van der Waals surface area contributed by atoms with Crippen LogP contribution in [0, 0.1) is 6.92 Å². The first-order valence-corrected chi connectivity index (χ1v) is 10.7. The zero-order valence-electron chi connectivity index (χ0n) is 15.9. The van der Waals surface area contributed by atoms with Crippen molar-refractivity contribution in [2.75, 3.05) is 17.3 Å². The first kappa shape index (κ1) is 18.8. The number of rotatable bonds is 4. The fourth-order valence-electron chi connectivity index (χ4n) is 3.21. The molecule has 0 saturated heterocycles. The number of nitrogens with zero attached hydrogens (tertiary/aromatic N) is 3. The van der Waals surface area contributed by atoms with Crippen LogP contribution in [0.15, 0.2) is 66.1 Å². The molecule has 8 heteroatoms. The minimum atomic E-state index is -3.42. The first-order valence-electron chi connectivity index (χ1n) is 8.85. The Labute approximate surface area is 168 Å². The SMILES string of the molecule is Cc1ccc(N)c(-c2cc(Nc3cnccc3S(C)(=O)=O)cc3nccnc23)c1. The summed E-state index contributed by atoms with van der Waals surface area (Å²) in [6.07, 6.45) is 7.35. The number of pyridine rings is 1. The zero-order valence-corrected chi connectivity index (χ0v) is 16.7. The summed E-state index contributed by atoms with van der Waals surface area (Å²) in [4.78, 5) is 13.1. The largest absolute Gasteiger partial charge is 0.398 e. The summed E-state index contributed by atoms with van der Waals surface area (Å²) in [5.41, 5.74) is 12.0. The number of benzene rings is 2. The van der Waals surface area contributed by atoms with Crippen molar-refractivity contribution in [1.82, 2.24) is 15.0 Å². The molecule has 2 heterocycles. The van der Waals surface area contributed by atoms with Gasteiger partial charge >= 0.3 is 0 Å². The number of nitrogens with one attached hydrogen (secondary N) is 1. The normalized spacial score (nSPS) is 11.5. The second-order valence-electron chi connectivity index (χ2n) is 6.81. The molecule has 0 aliphatic rings. The topological polar surface area (TPSA) is 111 Å². The lowest BCUT2D eigenvalue weighted by Gasteiger charge is -2.14. The van der Waals surface area contributed by atoms with Gasteiger partial charge in [0.05, 0.1) is 27.8 Å². The summed E-state index contributed by atoms with van der Waals surface area (Å²) in [7, 11) is -3.42. The number of aromatic nitrogens is 3. The van der Waals surface area contributed by atoms with Crippen LogP contribution in [0.5, 0.6) is 0 Å². The van der Waals surface area contributed by atoms with Crippen molar-refractivity contribution in [2.24, 2.45) is 0 Å². The quantitative estimate of drug-likeness (QED) is 0.498. The average Bonchev–Trinajstić information content (AvgIpc) is 2.69. The third kappa shape index (κ3) is 3.74. The summed E-state index contributed by atoms with van der Waals surface area (Å²) >= 11 is 0. The van der Waals surface area contributed by atoms with E-state index in [1.807, 2.05) is 37.3 Å². The summed E-state index contributed by atoms with van der Waals surface area (Å²) in [5.74, 6) is 0. The minimum absolute atomic E-state index is 0.170. The molecule has 2 aromatic heterocycles. The number of aryl methyl sites for hydroxylation is 1. The molecule has 4 rings (SSSR count). The van der Waals surface area contributed by atoms with Crippen molar-refractivity contribution >= 4 is 37.9 Å². The van der Waals surface area contributed by atoms with Gasteiger partial charge in [-0.15, -0.1) is 0 Å². The number of sulfone groups is 1. The summed E-state index contributed by atoms with van der Waals surface area (Å²) in [6.45, 7) is 1.99. The van der Waals surface area contributed by atoms with Gasteiger partial charge in [-0.1, -0.05) is 11.6 Å². The van der Waals surface area contributed by atoms with Crippen LogP contribution in [-0.2, 0) is 9.84 Å². The van der Waals surface area contributed by atoms with E-state index in [1.54, 1.807) is 12.4 Å². The third-order valence-electron chi connectivity index (χ3n) is 4.53. The van der Waals surface area contributed by atoms with Crippen LogP contribution in [0.4, 0.5) is 17.1 Å². The maximum atomic E-state index is 12.1. The van der Waals surface area contributed by atoms with Crippen molar-refractivity contribution in [3.63, 3.8) is 0 Å². The van der Waals surface area contributed by atoms with E-state index in [4.69, 9.17) is 5.73 Å². The Balaban J connectivity index is 1.92. The Kier molecular flexibility index (Phi) is 4.63. The molecule has 0 atom stereocenters. The van der Waals surface area contributed by atoms with Gasteiger partial charge in [-0.2, -0.15) is 0 Å². The van der Waals surface area contributed by atoms with Crippen LogP contribution in [0.3, 0.4) is 0 Å². The second-order valence-corrected chi connectivity index (χ2v) is 8.79. The van der Waals surface area contributed by atoms with Gasteiger partial charge in [-0.3, -0.25) is 15.0 Å². The molecule has 0 fully saturated rings. The highest BCUT2D eigenvalue weighted by atomic mass is 32.2. The van der Waals surface area contributed by atoms with E-state index < -0.39 is 9.84 Å². The smallest absolute Gasteiger partial charge is 0.177 e. The van der Waals surface area contributed by atoms with Crippen LogP contribution >= 0.6 is 0 Å². The lowest BCUT2D eigenvalue weighted by Crippen LogP contribution is -2.03. The highest BCUT2D eigenvalue weighted by Crippen LogP contribution is 2.35. The van der Waals surface area contributed by atoms with Gasteiger partial charge in [0.25, 0.3) is 0 Å². The Morgan fingerprint density at radius 2 is 1.76 bits per heavy atom. The number of anilines is 3. The van der Waals surface area contributed by atoms with E-state index >= 15 is 0 Å². The van der Waals surface area contributed by atoms with Gasteiger partial charge in [-0.25, -0.2) is 8.42 Å². The fraction of sp³-hybridized carbons (Fsp3) is 0.0952. The first-order chi connectivity index (χ1) is 13.8. The van der Waals surface area contributed by atoms with Crippen molar-refractivity contribution in [3.8, 4) is 11.1 Å². The molecule has 0 unspecified atom stereocenters. The number of hydrogen-bond donors (Lipinski definition) is 2. The molecule has 0 radical (unpaired) electrons. The van der Waals surface area contributed by atoms with E-state index in [0.717, 1.165) is 22.9 Å². The van der Waals surface area contributed by atoms with E-state index in [1.165, 1.54) is 18.5 Å². The number of fused-ring (bicyclic) bond motifs is 1. The monoisotopic (exact) mass is 405 g/mol.